The number of carbonyl (C=O) groups excluding carboxylic acids is 2. The maximum atomic E-state index is 11.8. The average Bonchev–Trinajstić information content (AvgIpc) is 3.47. The Morgan fingerprint density at radius 2 is 1.72 bits per heavy atom. The third-order valence-electron chi connectivity index (χ3n) is 8.39. The van der Waals surface area contributed by atoms with Crippen LogP contribution in [0.2, 0.25) is 10.0 Å². The fourth-order valence-electron chi connectivity index (χ4n) is 6.28. The molecule has 2 fully saturated rings. The number of amides is 2. The molecule has 208 valence electrons. The zero-order valence-electron chi connectivity index (χ0n) is 21.9. The molecule has 1 atom stereocenters. The molecule has 1 aliphatic heterocycles. The number of halogens is 2. The van der Waals surface area contributed by atoms with Crippen molar-refractivity contribution in [2.24, 2.45) is 11.8 Å². The molecule has 2 aromatic rings. The van der Waals surface area contributed by atoms with E-state index in [0.29, 0.717) is 23.2 Å². The van der Waals surface area contributed by atoms with Crippen molar-refractivity contribution in [3.63, 3.8) is 0 Å². The van der Waals surface area contributed by atoms with Crippen LogP contribution in [0.5, 0.6) is 5.75 Å². The van der Waals surface area contributed by atoms with E-state index >= 15 is 0 Å². The van der Waals surface area contributed by atoms with Crippen molar-refractivity contribution >= 4 is 41.0 Å². The lowest BCUT2D eigenvalue weighted by atomic mass is 9.81. The van der Waals surface area contributed by atoms with Gasteiger partial charge in [0.2, 0.25) is 11.8 Å². The molecule has 1 N–H and O–H groups in total. The Morgan fingerprint density at radius 3 is 2.41 bits per heavy atom. The van der Waals surface area contributed by atoms with Crippen molar-refractivity contribution in [1.82, 2.24) is 9.80 Å². The maximum absolute atomic E-state index is 11.8. The zero-order chi connectivity index (χ0) is 27.5. The molecule has 2 aliphatic carbocycles. The summed E-state index contributed by atoms with van der Waals surface area (Å²) in [6, 6.07) is 12.2. The highest BCUT2D eigenvalue weighted by Crippen LogP contribution is 2.40. The first-order chi connectivity index (χ1) is 18.8. The number of aliphatic carboxylic acids is 1. The van der Waals surface area contributed by atoms with Crippen molar-refractivity contribution in [2.75, 3.05) is 19.7 Å². The topological polar surface area (TPSA) is 87.2 Å². The number of likely N-dealkylation sites (tertiary alicyclic amines) is 1. The van der Waals surface area contributed by atoms with Crippen LogP contribution >= 0.6 is 23.2 Å². The fraction of sp³-hybridized carbons (Fsp3) is 0.500. The van der Waals surface area contributed by atoms with Gasteiger partial charge in [0.15, 0.2) is 0 Å². The Hall–Kier alpha value is -2.61. The minimum Gasteiger partial charge on any atom is -0.490 e. The molecule has 9 heteroatoms. The van der Waals surface area contributed by atoms with Crippen molar-refractivity contribution in [3.8, 4) is 5.75 Å². The third kappa shape index (κ3) is 6.59. The van der Waals surface area contributed by atoms with Gasteiger partial charge in [0.25, 0.3) is 0 Å². The van der Waals surface area contributed by atoms with Crippen molar-refractivity contribution in [2.45, 2.75) is 64.0 Å². The van der Waals surface area contributed by atoms with Gasteiger partial charge in [0, 0.05) is 37.0 Å². The van der Waals surface area contributed by atoms with Crippen LogP contribution in [0.4, 0.5) is 0 Å². The molecule has 0 bridgehead atoms. The van der Waals surface area contributed by atoms with E-state index in [2.05, 4.69) is 17.0 Å². The Labute approximate surface area is 239 Å². The molecule has 1 heterocycles. The quantitative estimate of drug-likeness (QED) is 0.356. The van der Waals surface area contributed by atoms with E-state index in [9.17, 15) is 19.5 Å². The van der Waals surface area contributed by atoms with Gasteiger partial charge in [-0.2, -0.15) is 0 Å². The molecule has 7 nitrogen and oxygen atoms in total. The first-order valence-electron chi connectivity index (χ1n) is 13.8. The van der Waals surface area contributed by atoms with Gasteiger partial charge in [-0.3, -0.25) is 24.2 Å². The first kappa shape index (κ1) is 27.9. The first-order valence-corrected chi connectivity index (χ1v) is 14.5. The average molecular weight is 574 g/mol. The molecule has 1 unspecified atom stereocenters. The molecular weight excluding hydrogens is 539 g/mol. The highest BCUT2D eigenvalue weighted by atomic mass is 35.5. The number of benzene rings is 2. The summed E-state index contributed by atoms with van der Waals surface area (Å²) in [5, 5.41) is 10.7. The summed E-state index contributed by atoms with van der Waals surface area (Å²) in [6.45, 7) is 2.02. The molecule has 3 aliphatic rings. The highest BCUT2D eigenvalue weighted by Gasteiger charge is 2.33. The second kappa shape index (κ2) is 12.3. The number of carboxylic acids is 1. The lowest BCUT2D eigenvalue weighted by Gasteiger charge is -2.35. The molecule has 0 radical (unpaired) electrons. The summed E-state index contributed by atoms with van der Waals surface area (Å²) < 4.78 is 5.81. The van der Waals surface area contributed by atoms with E-state index in [1.165, 1.54) is 16.0 Å². The number of imide groups is 1. The van der Waals surface area contributed by atoms with Gasteiger partial charge in [-0.25, -0.2) is 0 Å². The summed E-state index contributed by atoms with van der Waals surface area (Å²) in [5.41, 5.74) is 3.68. The predicted molar refractivity (Wildman–Crippen MR) is 149 cm³/mol. The van der Waals surface area contributed by atoms with Gasteiger partial charge in [-0.1, -0.05) is 35.3 Å². The van der Waals surface area contributed by atoms with Crippen LogP contribution in [0.15, 0.2) is 36.4 Å². The van der Waals surface area contributed by atoms with Crippen molar-refractivity contribution < 1.29 is 24.2 Å². The second-order valence-electron chi connectivity index (χ2n) is 10.9. The summed E-state index contributed by atoms with van der Waals surface area (Å²) >= 11 is 12.9. The number of carbonyl (C=O) groups is 3. The molecular formula is C30H34Cl2N2O5. The van der Waals surface area contributed by atoms with Crippen LogP contribution in [0, 0.1) is 11.8 Å². The Bertz CT molecular complexity index is 1230. The number of rotatable bonds is 10. The van der Waals surface area contributed by atoms with Crippen LogP contribution < -0.4 is 4.74 Å². The summed E-state index contributed by atoms with van der Waals surface area (Å²) in [5.74, 6) is -0.237. The van der Waals surface area contributed by atoms with Crippen molar-refractivity contribution in [1.29, 1.82) is 0 Å². The summed E-state index contributed by atoms with van der Waals surface area (Å²) in [6.07, 6.45) is 5.84. The Kier molecular flexibility index (Phi) is 8.79. The zero-order valence-corrected chi connectivity index (χ0v) is 23.4. The van der Waals surface area contributed by atoms with Crippen LogP contribution in [0.3, 0.4) is 0 Å². The predicted octanol–water partition coefficient (Wildman–Crippen LogP) is 5.90. The fourth-order valence-corrected chi connectivity index (χ4v) is 6.73. The minimum atomic E-state index is -0.678. The molecule has 39 heavy (non-hydrogen) atoms. The van der Waals surface area contributed by atoms with E-state index in [4.69, 9.17) is 27.9 Å². The second-order valence-corrected chi connectivity index (χ2v) is 11.8. The molecule has 2 amide bonds. The Morgan fingerprint density at radius 1 is 0.974 bits per heavy atom. The number of aryl methyl sites for hydroxylation is 1. The van der Waals surface area contributed by atoms with Gasteiger partial charge in [0.1, 0.15) is 12.4 Å². The van der Waals surface area contributed by atoms with E-state index in [1.807, 2.05) is 24.3 Å². The standard InChI is InChI=1S/C30H34Cl2N2O5/c31-23-7-8-24-22(16-23)6-9-26(24)33(17-19-1-4-21(5-2-19)30(37)38)18-20-3-10-27(25(32)15-20)39-14-13-34-28(35)11-12-29(34)36/h3,7-8,10,15-16,19,21,26H,1-2,4-6,9,11-14,17-18H2,(H,37,38). The van der Waals surface area contributed by atoms with E-state index < -0.39 is 5.97 Å². The molecule has 2 aromatic carbocycles. The number of ether oxygens (including phenoxy) is 1. The molecule has 0 aromatic heterocycles. The lowest BCUT2D eigenvalue weighted by molar-refractivity contribution is -0.143. The molecule has 1 saturated carbocycles. The third-order valence-corrected chi connectivity index (χ3v) is 8.92. The van der Waals surface area contributed by atoms with Gasteiger partial charge >= 0.3 is 5.97 Å². The summed E-state index contributed by atoms with van der Waals surface area (Å²) in [7, 11) is 0. The molecule has 0 spiro atoms. The minimum absolute atomic E-state index is 0.155. The normalized spacial score (nSPS) is 22.9. The Balaban J connectivity index is 1.27. The smallest absolute Gasteiger partial charge is 0.306 e. The SMILES string of the molecule is O=C(O)C1CCC(CN(Cc2ccc(OCCN3C(=O)CCC3=O)c(Cl)c2)C2CCc3cc(Cl)ccc32)CC1. The number of carboxylic acid groups (broad SMARTS) is 1. The number of nitrogens with zero attached hydrogens (tertiary/aromatic N) is 2. The van der Waals surface area contributed by atoms with Gasteiger partial charge in [-0.05, 0) is 85.4 Å². The van der Waals surface area contributed by atoms with E-state index in [1.54, 1.807) is 0 Å². The van der Waals surface area contributed by atoms with E-state index in [0.717, 1.165) is 55.7 Å². The maximum Gasteiger partial charge on any atom is 0.306 e. The number of hydrogen-bond donors (Lipinski definition) is 1. The van der Waals surface area contributed by atoms with Gasteiger partial charge in [-0.15, -0.1) is 0 Å². The van der Waals surface area contributed by atoms with Crippen LogP contribution in [0.25, 0.3) is 0 Å². The van der Waals surface area contributed by atoms with Gasteiger partial charge < -0.3 is 9.84 Å². The number of hydrogen-bond acceptors (Lipinski definition) is 5. The van der Waals surface area contributed by atoms with Crippen LogP contribution in [0.1, 0.15) is 67.7 Å². The lowest BCUT2D eigenvalue weighted by Crippen LogP contribution is -2.34. The number of fused-ring (bicyclic) bond motifs is 1. The van der Waals surface area contributed by atoms with Crippen molar-refractivity contribution in [3.05, 3.63) is 63.1 Å². The molecule has 5 rings (SSSR count). The largest absolute Gasteiger partial charge is 0.490 e. The van der Waals surface area contributed by atoms with Crippen LogP contribution in [-0.4, -0.2) is 52.4 Å². The van der Waals surface area contributed by atoms with Gasteiger partial charge in [0.05, 0.1) is 17.5 Å². The van der Waals surface area contributed by atoms with E-state index in [-0.39, 0.29) is 49.8 Å². The highest BCUT2D eigenvalue weighted by molar-refractivity contribution is 6.32. The molecule has 1 saturated heterocycles. The summed E-state index contributed by atoms with van der Waals surface area (Å²) in [4.78, 5) is 38.8. The van der Waals surface area contributed by atoms with Crippen LogP contribution in [-0.2, 0) is 27.3 Å². The monoisotopic (exact) mass is 572 g/mol.